The standard InChI is InChI=1S/C9H9ClN2O2/c10-8-3-6(1-2-11-8)9(13)12-4-7-5-14-7/h1-3,7H,4-5H2,(H,12,13). The van der Waals surface area contributed by atoms with Gasteiger partial charge >= 0.3 is 0 Å². The van der Waals surface area contributed by atoms with Crippen molar-refractivity contribution in [3.8, 4) is 0 Å². The number of nitrogens with one attached hydrogen (secondary N) is 1. The molecule has 1 fully saturated rings. The smallest absolute Gasteiger partial charge is 0.251 e. The lowest BCUT2D eigenvalue weighted by atomic mass is 10.2. The molecular formula is C9H9ClN2O2. The monoisotopic (exact) mass is 212 g/mol. The van der Waals surface area contributed by atoms with Crippen LogP contribution in [0.1, 0.15) is 10.4 Å². The first-order chi connectivity index (χ1) is 6.75. The molecule has 1 aromatic heterocycles. The van der Waals surface area contributed by atoms with E-state index in [1.54, 1.807) is 6.07 Å². The molecule has 1 aliphatic rings. The number of nitrogens with zero attached hydrogens (tertiary/aromatic N) is 1. The minimum absolute atomic E-state index is 0.148. The van der Waals surface area contributed by atoms with Gasteiger partial charge in [-0.1, -0.05) is 11.6 Å². The number of aromatic nitrogens is 1. The average Bonchev–Trinajstić information content (AvgIpc) is 2.97. The van der Waals surface area contributed by atoms with Crippen molar-refractivity contribution in [2.75, 3.05) is 13.2 Å². The second kappa shape index (κ2) is 3.94. The molecule has 1 saturated heterocycles. The highest BCUT2D eigenvalue weighted by atomic mass is 35.5. The number of hydrogen-bond acceptors (Lipinski definition) is 3. The Balaban J connectivity index is 1.95. The zero-order valence-electron chi connectivity index (χ0n) is 7.37. The van der Waals surface area contributed by atoms with E-state index in [-0.39, 0.29) is 12.0 Å². The Morgan fingerprint density at radius 1 is 1.79 bits per heavy atom. The number of amides is 1. The molecule has 0 spiro atoms. The highest BCUT2D eigenvalue weighted by molar-refractivity contribution is 6.29. The number of rotatable bonds is 3. The number of ether oxygens (including phenoxy) is 1. The molecule has 14 heavy (non-hydrogen) atoms. The molecule has 0 saturated carbocycles. The Labute approximate surface area is 86.2 Å². The maximum absolute atomic E-state index is 11.5. The maximum Gasteiger partial charge on any atom is 0.251 e. The first-order valence-corrected chi connectivity index (χ1v) is 4.65. The van der Waals surface area contributed by atoms with Gasteiger partial charge < -0.3 is 10.1 Å². The first kappa shape index (κ1) is 9.43. The molecule has 0 radical (unpaired) electrons. The van der Waals surface area contributed by atoms with Gasteiger partial charge in [0.1, 0.15) is 5.15 Å². The molecular weight excluding hydrogens is 204 g/mol. The third-order valence-corrected chi connectivity index (χ3v) is 2.09. The summed E-state index contributed by atoms with van der Waals surface area (Å²) in [4.78, 5) is 15.3. The summed E-state index contributed by atoms with van der Waals surface area (Å²) >= 11 is 5.65. The molecule has 74 valence electrons. The Morgan fingerprint density at radius 2 is 2.57 bits per heavy atom. The Hall–Kier alpha value is -1.13. The molecule has 1 unspecified atom stereocenters. The number of carbonyl (C=O) groups is 1. The van der Waals surface area contributed by atoms with Gasteiger partial charge in [0.05, 0.1) is 12.7 Å². The van der Waals surface area contributed by atoms with E-state index in [1.165, 1.54) is 12.3 Å². The average molecular weight is 213 g/mol. The predicted molar refractivity (Wildman–Crippen MR) is 51.3 cm³/mol. The van der Waals surface area contributed by atoms with Crippen molar-refractivity contribution in [1.29, 1.82) is 0 Å². The van der Waals surface area contributed by atoms with Gasteiger partial charge in [0.2, 0.25) is 0 Å². The lowest BCUT2D eigenvalue weighted by Gasteiger charge is -2.02. The number of hydrogen-bond donors (Lipinski definition) is 1. The largest absolute Gasteiger partial charge is 0.371 e. The summed E-state index contributed by atoms with van der Waals surface area (Å²) in [6, 6.07) is 3.15. The van der Waals surface area contributed by atoms with Gasteiger partial charge in [-0.05, 0) is 12.1 Å². The fourth-order valence-electron chi connectivity index (χ4n) is 1.04. The molecule has 1 atom stereocenters. The van der Waals surface area contributed by atoms with Gasteiger partial charge in [-0.2, -0.15) is 0 Å². The van der Waals surface area contributed by atoms with E-state index in [0.717, 1.165) is 6.61 Å². The summed E-state index contributed by atoms with van der Waals surface area (Å²) in [5.41, 5.74) is 0.519. The van der Waals surface area contributed by atoms with Crippen molar-refractivity contribution in [3.63, 3.8) is 0 Å². The molecule has 0 aromatic carbocycles. The third-order valence-electron chi connectivity index (χ3n) is 1.88. The minimum atomic E-state index is -0.148. The van der Waals surface area contributed by atoms with Gasteiger partial charge in [-0.3, -0.25) is 4.79 Å². The molecule has 2 heterocycles. The molecule has 4 nitrogen and oxygen atoms in total. The van der Waals surface area contributed by atoms with Crippen LogP contribution in [0.2, 0.25) is 5.15 Å². The van der Waals surface area contributed by atoms with Crippen LogP contribution in [0.15, 0.2) is 18.3 Å². The topological polar surface area (TPSA) is 54.5 Å². The quantitative estimate of drug-likeness (QED) is 0.598. The molecule has 1 amide bonds. The van der Waals surface area contributed by atoms with Crippen molar-refractivity contribution in [1.82, 2.24) is 10.3 Å². The van der Waals surface area contributed by atoms with Crippen LogP contribution in [0.3, 0.4) is 0 Å². The van der Waals surface area contributed by atoms with Crippen molar-refractivity contribution in [2.45, 2.75) is 6.10 Å². The normalized spacial score (nSPS) is 19.1. The number of pyridine rings is 1. The van der Waals surface area contributed by atoms with Crippen LogP contribution in [0.4, 0.5) is 0 Å². The summed E-state index contributed by atoms with van der Waals surface area (Å²) < 4.78 is 4.97. The summed E-state index contributed by atoms with van der Waals surface area (Å²) in [5.74, 6) is -0.148. The molecule has 5 heteroatoms. The Kier molecular flexibility index (Phi) is 2.65. The van der Waals surface area contributed by atoms with Gasteiger partial charge in [-0.25, -0.2) is 4.98 Å². The molecule has 1 N–H and O–H groups in total. The van der Waals surface area contributed by atoms with Crippen LogP contribution >= 0.6 is 11.6 Å². The van der Waals surface area contributed by atoms with Crippen molar-refractivity contribution < 1.29 is 9.53 Å². The molecule has 1 aromatic rings. The number of epoxide rings is 1. The predicted octanol–water partition coefficient (Wildman–Crippen LogP) is 0.864. The summed E-state index contributed by atoms with van der Waals surface area (Å²) in [5, 5.41) is 3.06. The maximum atomic E-state index is 11.5. The van der Waals surface area contributed by atoms with E-state index < -0.39 is 0 Å². The highest BCUT2D eigenvalue weighted by Gasteiger charge is 2.22. The van der Waals surface area contributed by atoms with Crippen LogP contribution in [-0.4, -0.2) is 30.1 Å². The van der Waals surface area contributed by atoms with Crippen molar-refractivity contribution >= 4 is 17.5 Å². The third kappa shape index (κ3) is 2.43. The summed E-state index contributed by atoms with van der Waals surface area (Å²) in [6.45, 7) is 1.29. The van der Waals surface area contributed by atoms with E-state index in [4.69, 9.17) is 16.3 Å². The zero-order valence-corrected chi connectivity index (χ0v) is 8.12. The first-order valence-electron chi connectivity index (χ1n) is 4.27. The number of carbonyl (C=O) groups excluding carboxylic acids is 1. The van der Waals surface area contributed by atoms with Crippen LogP contribution in [-0.2, 0) is 4.74 Å². The zero-order chi connectivity index (χ0) is 9.97. The lowest BCUT2D eigenvalue weighted by molar-refractivity contribution is 0.0950. The van der Waals surface area contributed by atoms with E-state index in [1.807, 2.05) is 0 Å². The van der Waals surface area contributed by atoms with Gasteiger partial charge in [0.25, 0.3) is 5.91 Å². The van der Waals surface area contributed by atoms with Gasteiger partial charge in [0.15, 0.2) is 0 Å². The SMILES string of the molecule is O=C(NCC1CO1)c1ccnc(Cl)c1. The number of halogens is 1. The van der Waals surface area contributed by atoms with Crippen LogP contribution in [0, 0.1) is 0 Å². The summed E-state index contributed by atoms with van der Waals surface area (Å²) in [6.07, 6.45) is 1.70. The van der Waals surface area contributed by atoms with Gasteiger partial charge in [0, 0.05) is 18.3 Å². The van der Waals surface area contributed by atoms with Crippen LogP contribution in [0.25, 0.3) is 0 Å². The second-order valence-electron chi connectivity index (χ2n) is 3.03. The Morgan fingerprint density at radius 3 is 3.21 bits per heavy atom. The van der Waals surface area contributed by atoms with Crippen molar-refractivity contribution in [3.05, 3.63) is 29.0 Å². The van der Waals surface area contributed by atoms with E-state index >= 15 is 0 Å². The fourth-order valence-corrected chi connectivity index (χ4v) is 1.21. The molecule has 0 bridgehead atoms. The van der Waals surface area contributed by atoms with E-state index in [2.05, 4.69) is 10.3 Å². The Bertz CT molecular complexity index is 352. The van der Waals surface area contributed by atoms with E-state index in [9.17, 15) is 4.79 Å². The molecule has 2 rings (SSSR count). The lowest BCUT2D eigenvalue weighted by Crippen LogP contribution is -2.27. The minimum Gasteiger partial charge on any atom is -0.371 e. The highest BCUT2D eigenvalue weighted by Crippen LogP contribution is 2.09. The van der Waals surface area contributed by atoms with E-state index in [0.29, 0.717) is 17.3 Å². The fraction of sp³-hybridized carbons (Fsp3) is 0.333. The second-order valence-corrected chi connectivity index (χ2v) is 3.42. The van der Waals surface area contributed by atoms with Gasteiger partial charge in [-0.15, -0.1) is 0 Å². The summed E-state index contributed by atoms with van der Waals surface area (Å²) in [7, 11) is 0. The molecule has 1 aliphatic heterocycles. The van der Waals surface area contributed by atoms with Crippen LogP contribution in [0.5, 0.6) is 0 Å². The van der Waals surface area contributed by atoms with Crippen molar-refractivity contribution in [2.24, 2.45) is 0 Å². The molecule has 0 aliphatic carbocycles. The van der Waals surface area contributed by atoms with Crippen LogP contribution < -0.4 is 5.32 Å².